The number of fused-ring (bicyclic) bond motifs is 1. The van der Waals surface area contributed by atoms with Gasteiger partial charge in [0.05, 0.1) is 0 Å². The standard InChI is InChI=1S/C13H16N2O.C2H6/c16-13(14-8-3-4-9-14)15-10-7-11-5-1-2-6-12(11)15;1-2/h1-2,5-6H,3-4,7-10H2;1-2H3. The van der Waals surface area contributed by atoms with Crippen LogP contribution in [0, 0.1) is 0 Å². The van der Waals surface area contributed by atoms with Crippen LogP contribution in [0.15, 0.2) is 24.3 Å². The number of carbonyl (C=O) groups excluding carboxylic acids is 1. The molecule has 1 aromatic rings. The predicted octanol–water partition coefficient (Wildman–Crippen LogP) is 3.29. The van der Waals surface area contributed by atoms with Gasteiger partial charge in [0.15, 0.2) is 0 Å². The summed E-state index contributed by atoms with van der Waals surface area (Å²) in [4.78, 5) is 16.2. The summed E-state index contributed by atoms with van der Waals surface area (Å²) >= 11 is 0. The van der Waals surface area contributed by atoms with Gasteiger partial charge in [0, 0.05) is 25.3 Å². The lowest BCUT2D eigenvalue weighted by Crippen LogP contribution is -2.40. The lowest BCUT2D eigenvalue weighted by atomic mass is 10.2. The molecule has 1 aromatic carbocycles. The number of hydrogen-bond donors (Lipinski definition) is 0. The van der Waals surface area contributed by atoms with E-state index >= 15 is 0 Å². The monoisotopic (exact) mass is 246 g/mol. The quantitative estimate of drug-likeness (QED) is 0.689. The topological polar surface area (TPSA) is 23.6 Å². The van der Waals surface area contributed by atoms with Crippen LogP contribution in [0.3, 0.4) is 0 Å². The maximum Gasteiger partial charge on any atom is 0.324 e. The van der Waals surface area contributed by atoms with Gasteiger partial charge in [0.1, 0.15) is 0 Å². The molecule has 0 radical (unpaired) electrons. The van der Waals surface area contributed by atoms with Gasteiger partial charge in [0.25, 0.3) is 0 Å². The van der Waals surface area contributed by atoms with Gasteiger partial charge in [-0.25, -0.2) is 4.79 Å². The Kier molecular flexibility index (Phi) is 4.24. The fourth-order valence-corrected chi connectivity index (χ4v) is 2.62. The molecule has 2 amide bonds. The van der Waals surface area contributed by atoms with Crippen LogP contribution in [-0.2, 0) is 6.42 Å². The normalized spacial score (nSPS) is 17.2. The molecule has 0 saturated carbocycles. The van der Waals surface area contributed by atoms with Crippen molar-refractivity contribution in [2.45, 2.75) is 33.1 Å². The largest absolute Gasteiger partial charge is 0.324 e. The van der Waals surface area contributed by atoms with Crippen LogP contribution in [0.2, 0.25) is 0 Å². The number of nitrogens with zero attached hydrogens (tertiary/aromatic N) is 2. The first kappa shape index (κ1) is 12.9. The Morgan fingerprint density at radius 2 is 1.72 bits per heavy atom. The van der Waals surface area contributed by atoms with E-state index in [2.05, 4.69) is 12.1 Å². The third-order valence-electron chi connectivity index (χ3n) is 3.49. The summed E-state index contributed by atoms with van der Waals surface area (Å²) in [6, 6.07) is 8.42. The summed E-state index contributed by atoms with van der Waals surface area (Å²) in [6.45, 7) is 6.70. The highest BCUT2D eigenvalue weighted by Gasteiger charge is 2.29. The lowest BCUT2D eigenvalue weighted by molar-refractivity contribution is 0.216. The number of para-hydroxylation sites is 1. The minimum absolute atomic E-state index is 0.197. The van der Waals surface area contributed by atoms with E-state index in [1.165, 1.54) is 5.56 Å². The number of hydrogen-bond acceptors (Lipinski definition) is 1. The molecular weight excluding hydrogens is 224 g/mol. The summed E-state index contributed by atoms with van der Waals surface area (Å²) in [5, 5.41) is 0. The fraction of sp³-hybridized carbons (Fsp3) is 0.533. The molecule has 0 bridgehead atoms. The van der Waals surface area contributed by atoms with Crippen molar-refractivity contribution in [1.29, 1.82) is 0 Å². The predicted molar refractivity (Wildman–Crippen MR) is 75.0 cm³/mol. The molecule has 3 nitrogen and oxygen atoms in total. The van der Waals surface area contributed by atoms with Gasteiger partial charge in [0.2, 0.25) is 0 Å². The van der Waals surface area contributed by atoms with E-state index in [4.69, 9.17) is 0 Å². The maximum absolute atomic E-state index is 12.3. The van der Waals surface area contributed by atoms with Crippen LogP contribution >= 0.6 is 0 Å². The van der Waals surface area contributed by atoms with E-state index in [0.29, 0.717) is 0 Å². The van der Waals surface area contributed by atoms with Gasteiger partial charge in [-0.05, 0) is 30.9 Å². The number of urea groups is 1. The van der Waals surface area contributed by atoms with Crippen LogP contribution in [0.1, 0.15) is 32.3 Å². The van der Waals surface area contributed by atoms with Crippen LogP contribution in [0.4, 0.5) is 10.5 Å². The molecule has 2 heterocycles. The molecule has 0 atom stereocenters. The van der Waals surface area contributed by atoms with Crippen molar-refractivity contribution in [1.82, 2.24) is 4.90 Å². The third-order valence-corrected chi connectivity index (χ3v) is 3.49. The highest BCUT2D eigenvalue weighted by molar-refractivity contribution is 5.94. The van der Waals surface area contributed by atoms with Gasteiger partial charge in [-0.2, -0.15) is 0 Å². The zero-order valence-corrected chi connectivity index (χ0v) is 11.4. The van der Waals surface area contributed by atoms with Gasteiger partial charge in [-0.15, -0.1) is 0 Å². The molecule has 98 valence electrons. The van der Waals surface area contributed by atoms with Crippen LogP contribution in [0.5, 0.6) is 0 Å². The average molecular weight is 246 g/mol. The molecule has 0 aliphatic carbocycles. The van der Waals surface area contributed by atoms with Gasteiger partial charge < -0.3 is 4.90 Å². The molecular formula is C15H22N2O. The molecule has 18 heavy (non-hydrogen) atoms. The number of carbonyl (C=O) groups is 1. The Morgan fingerprint density at radius 1 is 1.06 bits per heavy atom. The van der Waals surface area contributed by atoms with Crippen molar-refractivity contribution in [3.05, 3.63) is 29.8 Å². The number of benzene rings is 1. The number of anilines is 1. The lowest BCUT2D eigenvalue weighted by Gasteiger charge is -2.24. The molecule has 2 aliphatic heterocycles. The van der Waals surface area contributed by atoms with E-state index in [0.717, 1.165) is 44.6 Å². The molecule has 3 heteroatoms. The Bertz CT molecular complexity index is 411. The maximum atomic E-state index is 12.3. The van der Waals surface area contributed by atoms with E-state index in [1.807, 2.05) is 35.8 Å². The number of amides is 2. The van der Waals surface area contributed by atoms with Crippen molar-refractivity contribution in [3.8, 4) is 0 Å². The van der Waals surface area contributed by atoms with E-state index in [1.54, 1.807) is 0 Å². The SMILES string of the molecule is CC.O=C(N1CCCC1)N1CCc2ccccc21. The fourth-order valence-electron chi connectivity index (χ4n) is 2.62. The molecule has 0 unspecified atom stereocenters. The van der Waals surface area contributed by atoms with Gasteiger partial charge in [-0.1, -0.05) is 32.0 Å². The molecule has 0 aromatic heterocycles. The molecule has 1 saturated heterocycles. The van der Waals surface area contributed by atoms with E-state index in [9.17, 15) is 4.79 Å². The Morgan fingerprint density at radius 3 is 2.44 bits per heavy atom. The molecule has 1 fully saturated rings. The first-order valence-corrected chi connectivity index (χ1v) is 7.00. The van der Waals surface area contributed by atoms with Crippen molar-refractivity contribution >= 4 is 11.7 Å². The molecule has 2 aliphatic rings. The van der Waals surface area contributed by atoms with Crippen LogP contribution in [0.25, 0.3) is 0 Å². The van der Waals surface area contributed by atoms with Crippen molar-refractivity contribution in [2.24, 2.45) is 0 Å². The van der Waals surface area contributed by atoms with E-state index in [-0.39, 0.29) is 6.03 Å². The minimum Gasteiger partial charge on any atom is -0.324 e. The zero-order valence-electron chi connectivity index (χ0n) is 11.4. The average Bonchev–Trinajstić information content (AvgIpc) is 3.10. The summed E-state index contributed by atoms with van der Waals surface area (Å²) < 4.78 is 0. The first-order chi connectivity index (χ1) is 8.86. The van der Waals surface area contributed by atoms with E-state index < -0.39 is 0 Å². The summed E-state index contributed by atoms with van der Waals surface area (Å²) in [5.41, 5.74) is 2.41. The Hall–Kier alpha value is -1.51. The highest BCUT2D eigenvalue weighted by Crippen LogP contribution is 2.28. The summed E-state index contributed by atoms with van der Waals surface area (Å²) in [5.74, 6) is 0. The Balaban J connectivity index is 0.000000574. The third kappa shape index (κ3) is 2.35. The second-order valence-corrected chi connectivity index (χ2v) is 4.51. The molecule has 3 rings (SSSR count). The van der Waals surface area contributed by atoms with Crippen molar-refractivity contribution < 1.29 is 4.79 Å². The van der Waals surface area contributed by atoms with Gasteiger partial charge in [-0.3, -0.25) is 4.90 Å². The Labute approximate surface area is 109 Å². The van der Waals surface area contributed by atoms with Crippen LogP contribution < -0.4 is 4.90 Å². The zero-order chi connectivity index (χ0) is 13.0. The number of rotatable bonds is 0. The second kappa shape index (κ2) is 5.89. The van der Waals surface area contributed by atoms with Crippen molar-refractivity contribution in [3.63, 3.8) is 0 Å². The summed E-state index contributed by atoms with van der Waals surface area (Å²) in [7, 11) is 0. The number of likely N-dealkylation sites (tertiary alicyclic amines) is 1. The first-order valence-electron chi connectivity index (χ1n) is 7.00. The van der Waals surface area contributed by atoms with Gasteiger partial charge >= 0.3 is 6.03 Å². The minimum atomic E-state index is 0.197. The summed E-state index contributed by atoms with van der Waals surface area (Å²) in [6.07, 6.45) is 3.30. The smallest absolute Gasteiger partial charge is 0.324 e. The highest BCUT2D eigenvalue weighted by atomic mass is 16.2. The van der Waals surface area contributed by atoms with Crippen LogP contribution in [-0.4, -0.2) is 30.6 Å². The second-order valence-electron chi connectivity index (χ2n) is 4.51. The van der Waals surface area contributed by atoms with Crippen molar-refractivity contribution in [2.75, 3.05) is 24.5 Å². The molecule has 0 spiro atoms. The molecule has 0 N–H and O–H groups in total.